The number of aryl methyl sites for hydroxylation is 1. The number of ether oxygens (including phenoxy) is 1. The van der Waals surface area contributed by atoms with Crippen LogP contribution in [0.5, 0.6) is 0 Å². The van der Waals surface area contributed by atoms with Crippen LogP contribution in [0.3, 0.4) is 0 Å². The first-order chi connectivity index (χ1) is 15.4. The maximum atomic E-state index is 14.5. The molecule has 0 saturated heterocycles. The lowest BCUT2D eigenvalue weighted by atomic mass is 10.1. The monoisotopic (exact) mass is 447 g/mol. The van der Waals surface area contributed by atoms with Crippen LogP contribution in [0, 0.1) is 12.7 Å². The molecular weight excluding hydrogens is 425 g/mol. The fourth-order valence-corrected chi connectivity index (χ4v) is 4.49. The molecule has 3 aromatic rings. The highest BCUT2D eigenvalue weighted by Gasteiger charge is 2.24. The second-order valence-corrected chi connectivity index (χ2v) is 8.54. The van der Waals surface area contributed by atoms with Crippen molar-refractivity contribution in [2.75, 3.05) is 17.3 Å². The average molecular weight is 448 g/mol. The van der Waals surface area contributed by atoms with Gasteiger partial charge in [-0.25, -0.2) is 9.18 Å². The Kier molecular flexibility index (Phi) is 6.42. The van der Waals surface area contributed by atoms with E-state index in [0.717, 1.165) is 21.8 Å². The molecule has 0 amide bonds. The predicted octanol–water partition coefficient (Wildman–Crippen LogP) is 5.80. The number of carbonyl (C=O) groups excluding carboxylic acids is 2. The summed E-state index contributed by atoms with van der Waals surface area (Å²) >= 11 is 1.61. The van der Waals surface area contributed by atoms with Crippen LogP contribution in [0.25, 0.3) is 0 Å². The van der Waals surface area contributed by atoms with Crippen molar-refractivity contribution in [1.29, 1.82) is 0 Å². The normalized spacial score (nSPS) is 12.9. The first-order valence-electron chi connectivity index (χ1n) is 10.2. The van der Waals surface area contributed by atoms with Gasteiger partial charge in [-0.15, -0.1) is 11.8 Å². The van der Waals surface area contributed by atoms with Crippen LogP contribution in [0.2, 0.25) is 0 Å². The minimum Gasteiger partial charge on any atom is -0.454 e. The van der Waals surface area contributed by atoms with Gasteiger partial charge in [-0.2, -0.15) is 0 Å². The summed E-state index contributed by atoms with van der Waals surface area (Å²) in [7, 11) is 0. The number of hydrogen-bond donors (Lipinski definition) is 0. The molecule has 4 nitrogen and oxygen atoms in total. The number of fused-ring (bicyclic) bond motifs is 1. The summed E-state index contributed by atoms with van der Waals surface area (Å²) in [5.74, 6) is -0.444. The van der Waals surface area contributed by atoms with Crippen LogP contribution >= 0.6 is 11.8 Å². The number of Topliss-reactive ketones (excluding diaryl/α,β-unsaturated/α-hetero) is 1. The number of nitrogens with zero attached hydrogens (tertiary/aromatic N) is 1. The summed E-state index contributed by atoms with van der Waals surface area (Å²) in [6.07, 6.45) is 0. The highest BCUT2D eigenvalue weighted by Crippen LogP contribution is 2.40. The van der Waals surface area contributed by atoms with Crippen LogP contribution < -0.4 is 4.90 Å². The predicted molar refractivity (Wildman–Crippen MR) is 125 cm³/mol. The number of thioether (sulfide) groups is 1. The molecule has 0 unspecified atom stereocenters. The molecule has 1 aliphatic heterocycles. The zero-order valence-electron chi connectivity index (χ0n) is 17.6. The molecule has 0 saturated carbocycles. The highest BCUT2D eigenvalue weighted by atomic mass is 32.2. The fraction of sp³-hybridized carbons (Fsp3) is 0.154. The first kappa shape index (κ1) is 21.8. The van der Waals surface area contributed by atoms with Gasteiger partial charge in [-0.3, -0.25) is 4.79 Å². The van der Waals surface area contributed by atoms with E-state index in [2.05, 4.69) is 6.58 Å². The summed E-state index contributed by atoms with van der Waals surface area (Å²) < 4.78 is 19.7. The Balaban J connectivity index is 1.55. The lowest BCUT2D eigenvalue weighted by Crippen LogP contribution is -2.27. The average Bonchev–Trinajstić information content (AvgIpc) is 2.81. The van der Waals surface area contributed by atoms with Crippen molar-refractivity contribution < 1.29 is 18.7 Å². The van der Waals surface area contributed by atoms with Crippen LogP contribution in [-0.2, 0) is 11.3 Å². The number of esters is 1. The van der Waals surface area contributed by atoms with Crippen molar-refractivity contribution in [2.24, 2.45) is 0 Å². The minimum atomic E-state index is -0.583. The summed E-state index contributed by atoms with van der Waals surface area (Å²) in [5.41, 5.74) is 3.87. The molecule has 162 valence electrons. The van der Waals surface area contributed by atoms with E-state index in [-0.39, 0.29) is 18.2 Å². The Morgan fingerprint density at radius 2 is 1.84 bits per heavy atom. The van der Waals surface area contributed by atoms with E-state index in [4.69, 9.17) is 4.74 Å². The topological polar surface area (TPSA) is 46.6 Å². The zero-order valence-corrected chi connectivity index (χ0v) is 18.5. The van der Waals surface area contributed by atoms with E-state index < -0.39 is 5.97 Å². The molecule has 0 atom stereocenters. The van der Waals surface area contributed by atoms with Crippen LogP contribution in [0.1, 0.15) is 31.8 Å². The zero-order chi connectivity index (χ0) is 22.7. The van der Waals surface area contributed by atoms with E-state index in [1.807, 2.05) is 30.0 Å². The third-order valence-electron chi connectivity index (χ3n) is 5.36. The van der Waals surface area contributed by atoms with E-state index in [1.54, 1.807) is 54.2 Å². The highest BCUT2D eigenvalue weighted by molar-refractivity contribution is 7.99. The molecule has 1 aliphatic rings. The van der Waals surface area contributed by atoms with Crippen molar-refractivity contribution in [2.45, 2.75) is 18.4 Å². The Hall–Kier alpha value is -3.38. The Morgan fingerprint density at radius 3 is 2.59 bits per heavy atom. The van der Waals surface area contributed by atoms with Crippen LogP contribution in [0.4, 0.5) is 10.1 Å². The van der Waals surface area contributed by atoms with Gasteiger partial charge in [0.05, 0.1) is 17.8 Å². The van der Waals surface area contributed by atoms with Gasteiger partial charge in [0.25, 0.3) is 0 Å². The molecule has 1 heterocycles. The molecule has 0 spiro atoms. The van der Waals surface area contributed by atoms with Crippen molar-refractivity contribution in [3.05, 3.63) is 107 Å². The fourth-order valence-electron chi connectivity index (χ4n) is 3.53. The standard InChI is InChI=1S/C26H22FNO3S/c1-17-7-6-10-22(27)21(17)14-28-18(2)16-32-25-12-11-20(13-23(25)28)26(30)31-15-24(29)19-8-4-3-5-9-19/h3-13H,2,14-16H2,1H3. The smallest absolute Gasteiger partial charge is 0.338 e. The summed E-state index contributed by atoms with van der Waals surface area (Å²) in [5, 5.41) is 0. The molecule has 32 heavy (non-hydrogen) atoms. The van der Waals surface area contributed by atoms with Gasteiger partial charge < -0.3 is 9.64 Å². The van der Waals surface area contributed by atoms with Gasteiger partial charge in [-0.05, 0) is 36.8 Å². The van der Waals surface area contributed by atoms with E-state index in [0.29, 0.717) is 29.0 Å². The molecule has 0 fully saturated rings. The molecule has 0 radical (unpaired) electrons. The number of rotatable bonds is 6. The number of hydrogen-bond acceptors (Lipinski definition) is 5. The van der Waals surface area contributed by atoms with Crippen molar-refractivity contribution >= 4 is 29.2 Å². The summed E-state index contributed by atoms with van der Waals surface area (Å²) in [4.78, 5) is 27.8. The molecule has 4 rings (SSSR count). The summed E-state index contributed by atoms with van der Waals surface area (Å²) in [6, 6.07) is 19.0. The lowest BCUT2D eigenvalue weighted by molar-refractivity contribution is 0.0474. The number of carbonyl (C=O) groups is 2. The van der Waals surface area contributed by atoms with Crippen LogP contribution in [0.15, 0.2) is 83.9 Å². The van der Waals surface area contributed by atoms with Gasteiger partial charge in [0.2, 0.25) is 0 Å². The molecule has 0 aromatic heterocycles. The Morgan fingerprint density at radius 1 is 1.06 bits per heavy atom. The van der Waals surface area contributed by atoms with E-state index in [9.17, 15) is 14.0 Å². The molecule has 0 N–H and O–H groups in total. The van der Waals surface area contributed by atoms with Gasteiger partial charge in [0.1, 0.15) is 5.82 Å². The van der Waals surface area contributed by atoms with Crippen LogP contribution in [-0.4, -0.2) is 24.1 Å². The van der Waals surface area contributed by atoms with Gasteiger partial charge in [0.15, 0.2) is 12.4 Å². The van der Waals surface area contributed by atoms with Crippen molar-refractivity contribution in [3.8, 4) is 0 Å². The first-order valence-corrected chi connectivity index (χ1v) is 11.1. The minimum absolute atomic E-state index is 0.266. The summed E-state index contributed by atoms with van der Waals surface area (Å²) in [6.45, 7) is 5.99. The molecule has 0 aliphatic carbocycles. The third-order valence-corrected chi connectivity index (χ3v) is 6.49. The van der Waals surface area contributed by atoms with Gasteiger partial charge >= 0.3 is 5.97 Å². The van der Waals surface area contributed by atoms with Crippen molar-refractivity contribution in [1.82, 2.24) is 0 Å². The van der Waals surface area contributed by atoms with E-state index in [1.165, 1.54) is 6.07 Å². The SMILES string of the molecule is C=C1CSc2ccc(C(=O)OCC(=O)c3ccccc3)cc2N1Cc1c(C)cccc1F. The largest absolute Gasteiger partial charge is 0.454 e. The van der Waals surface area contributed by atoms with Gasteiger partial charge in [-0.1, -0.05) is 49.0 Å². The number of anilines is 1. The molecular formula is C26H22FNO3S. The maximum absolute atomic E-state index is 14.5. The number of ketones is 1. The van der Waals surface area contributed by atoms with Gasteiger partial charge in [0, 0.05) is 27.5 Å². The van der Waals surface area contributed by atoms with E-state index >= 15 is 0 Å². The third kappa shape index (κ3) is 4.60. The molecule has 0 bridgehead atoms. The number of halogens is 1. The second kappa shape index (κ2) is 9.40. The lowest BCUT2D eigenvalue weighted by Gasteiger charge is -2.33. The number of benzene rings is 3. The quantitative estimate of drug-likeness (QED) is 0.353. The van der Waals surface area contributed by atoms with Crippen molar-refractivity contribution in [3.63, 3.8) is 0 Å². The maximum Gasteiger partial charge on any atom is 0.338 e. The molecule has 3 aromatic carbocycles. The Bertz CT molecular complexity index is 1170. The Labute approximate surface area is 190 Å². The second-order valence-electron chi connectivity index (χ2n) is 7.52. The molecule has 6 heteroatoms.